The molecule has 0 aliphatic carbocycles. The summed E-state index contributed by atoms with van der Waals surface area (Å²) >= 11 is 0. The lowest BCUT2D eigenvalue weighted by Crippen LogP contribution is -2.40. The maximum atomic E-state index is 12.1. The van der Waals surface area contributed by atoms with Gasteiger partial charge in [-0.3, -0.25) is 0 Å². The number of fused-ring (bicyclic) bond motifs is 1. The van der Waals surface area contributed by atoms with Gasteiger partial charge in [0.15, 0.2) is 0 Å². The van der Waals surface area contributed by atoms with Gasteiger partial charge in [-0.15, -0.1) is 0 Å². The molecule has 2 heterocycles. The van der Waals surface area contributed by atoms with E-state index < -0.39 is 0 Å². The van der Waals surface area contributed by atoms with Crippen molar-refractivity contribution in [3.05, 3.63) is 35.9 Å². The molecule has 0 saturated carbocycles. The molecule has 4 nitrogen and oxygen atoms in total. The van der Waals surface area contributed by atoms with Crippen LogP contribution in [0.1, 0.15) is 25.3 Å². The summed E-state index contributed by atoms with van der Waals surface area (Å²) in [7, 11) is 0. The number of amides is 1. The molecule has 1 aromatic carbocycles. The fourth-order valence-electron chi connectivity index (χ4n) is 2.59. The number of benzene rings is 1. The molecule has 1 aromatic rings. The second-order valence-corrected chi connectivity index (χ2v) is 5.33. The van der Waals surface area contributed by atoms with E-state index in [1.807, 2.05) is 30.3 Å². The molecular weight excluding hydrogens is 242 g/mol. The fraction of sp³-hybridized carbons (Fsp3) is 0.533. The molecule has 0 spiro atoms. The predicted octanol–water partition coefficient (Wildman–Crippen LogP) is 2.57. The van der Waals surface area contributed by atoms with Crippen LogP contribution in [-0.4, -0.2) is 35.8 Å². The summed E-state index contributed by atoms with van der Waals surface area (Å²) in [6.07, 6.45) is 2.41. The molecule has 0 unspecified atom stereocenters. The number of carbonyl (C=O) groups excluding carboxylic acids is 1. The molecule has 1 amide bonds. The average molecular weight is 261 g/mol. The maximum Gasteiger partial charge on any atom is 0.410 e. The van der Waals surface area contributed by atoms with Gasteiger partial charge in [0.05, 0.1) is 12.6 Å². The highest BCUT2D eigenvalue weighted by Gasteiger charge is 2.44. The van der Waals surface area contributed by atoms with E-state index in [0.29, 0.717) is 19.3 Å². The third kappa shape index (κ3) is 2.89. The first-order valence-electron chi connectivity index (χ1n) is 6.87. The molecule has 2 aliphatic rings. The van der Waals surface area contributed by atoms with Crippen molar-refractivity contribution in [1.82, 2.24) is 4.90 Å². The Morgan fingerprint density at radius 2 is 2.11 bits per heavy atom. The van der Waals surface area contributed by atoms with Crippen LogP contribution in [0.2, 0.25) is 0 Å². The quantitative estimate of drug-likeness (QED) is 0.768. The Morgan fingerprint density at radius 3 is 2.89 bits per heavy atom. The minimum atomic E-state index is -0.229. The zero-order valence-electron chi connectivity index (χ0n) is 11.1. The first-order chi connectivity index (χ1) is 9.24. The molecule has 2 fully saturated rings. The Balaban J connectivity index is 1.56. The standard InChI is InChI=1S/C15H19NO3/c1-11-7-8-13-14(19-13)9-16(11)15(17)18-10-12-5-3-2-4-6-12/h2-6,11,13-14H,7-10H2,1H3/t11-,13-,14+/m0/s1. The third-order valence-electron chi connectivity index (χ3n) is 3.90. The number of likely N-dealkylation sites (tertiary alicyclic amines) is 1. The number of carbonyl (C=O) groups is 1. The van der Waals surface area contributed by atoms with E-state index in [0.717, 1.165) is 18.4 Å². The van der Waals surface area contributed by atoms with Gasteiger partial charge >= 0.3 is 6.09 Å². The maximum absolute atomic E-state index is 12.1. The summed E-state index contributed by atoms with van der Waals surface area (Å²) in [6.45, 7) is 3.08. The molecule has 102 valence electrons. The molecule has 0 aromatic heterocycles. The minimum absolute atomic E-state index is 0.229. The number of hydrogen-bond donors (Lipinski definition) is 0. The minimum Gasteiger partial charge on any atom is -0.445 e. The van der Waals surface area contributed by atoms with Crippen molar-refractivity contribution in [2.75, 3.05) is 6.54 Å². The van der Waals surface area contributed by atoms with Crippen molar-refractivity contribution in [1.29, 1.82) is 0 Å². The lowest BCUT2D eigenvalue weighted by Gasteiger charge is -2.26. The molecule has 0 bridgehead atoms. The zero-order valence-corrected chi connectivity index (χ0v) is 11.1. The SMILES string of the molecule is C[C@H]1CC[C@@H]2O[C@@H]2CN1C(=O)OCc1ccccc1. The average Bonchev–Trinajstić information content (AvgIpc) is 3.19. The number of ether oxygens (including phenoxy) is 2. The first-order valence-corrected chi connectivity index (χ1v) is 6.87. The largest absolute Gasteiger partial charge is 0.445 e. The van der Waals surface area contributed by atoms with E-state index in [-0.39, 0.29) is 18.2 Å². The van der Waals surface area contributed by atoms with Crippen LogP contribution in [-0.2, 0) is 16.1 Å². The summed E-state index contributed by atoms with van der Waals surface area (Å²) in [6, 6.07) is 9.99. The summed E-state index contributed by atoms with van der Waals surface area (Å²) < 4.78 is 10.9. The lowest BCUT2D eigenvalue weighted by molar-refractivity contribution is 0.0774. The van der Waals surface area contributed by atoms with Gasteiger partial charge in [0.2, 0.25) is 0 Å². The molecule has 0 N–H and O–H groups in total. The van der Waals surface area contributed by atoms with E-state index in [1.54, 1.807) is 4.90 Å². The van der Waals surface area contributed by atoms with Gasteiger partial charge in [0.1, 0.15) is 12.7 Å². The third-order valence-corrected chi connectivity index (χ3v) is 3.90. The zero-order chi connectivity index (χ0) is 13.2. The Hall–Kier alpha value is -1.55. The Kier molecular flexibility index (Phi) is 3.42. The van der Waals surface area contributed by atoms with Gasteiger partial charge in [0.25, 0.3) is 0 Å². The van der Waals surface area contributed by atoms with Crippen molar-refractivity contribution in [3.8, 4) is 0 Å². The van der Waals surface area contributed by atoms with Gasteiger partial charge in [-0.2, -0.15) is 0 Å². The highest BCUT2D eigenvalue weighted by molar-refractivity contribution is 5.68. The van der Waals surface area contributed by atoms with Crippen LogP contribution in [0.3, 0.4) is 0 Å². The number of nitrogens with zero attached hydrogens (tertiary/aromatic N) is 1. The van der Waals surface area contributed by atoms with Crippen LogP contribution < -0.4 is 0 Å². The normalized spacial score (nSPS) is 29.3. The summed E-state index contributed by atoms with van der Waals surface area (Å²) in [5.74, 6) is 0. The van der Waals surface area contributed by atoms with Gasteiger partial charge in [-0.25, -0.2) is 4.79 Å². The first kappa shape index (κ1) is 12.5. The van der Waals surface area contributed by atoms with Gasteiger partial charge in [0, 0.05) is 6.04 Å². The number of hydrogen-bond acceptors (Lipinski definition) is 3. The summed E-state index contributed by atoms with van der Waals surface area (Å²) in [5.41, 5.74) is 1.01. The second-order valence-electron chi connectivity index (χ2n) is 5.33. The molecular formula is C15H19NO3. The topological polar surface area (TPSA) is 42.1 Å². The van der Waals surface area contributed by atoms with Crippen LogP contribution in [0.4, 0.5) is 4.79 Å². The number of epoxide rings is 1. The van der Waals surface area contributed by atoms with Crippen molar-refractivity contribution in [2.45, 2.75) is 44.6 Å². The van der Waals surface area contributed by atoms with Gasteiger partial charge in [-0.1, -0.05) is 30.3 Å². The van der Waals surface area contributed by atoms with E-state index in [9.17, 15) is 4.79 Å². The monoisotopic (exact) mass is 261 g/mol. The van der Waals surface area contributed by atoms with Crippen LogP contribution >= 0.6 is 0 Å². The molecule has 3 rings (SSSR count). The van der Waals surface area contributed by atoms with Crippen LogP contribution in [0.5, 0.6) is 0 Å². The fourth-order valence-corrected chi connectivity index (χ4v) is 2.59. The van der Waals surface area contributed by atoms with Crippen molar-refractivity contribution in [3.63, 3.8) is 0 Å². The molecule has 19 heavy (non-hydrogen) atoms. The second kappa shape index (κ2) is 5.21. The molecule has 4 heteroatoms. The van der Waals surface area contributed by atoms with Gasteiger partial charge in [-0.05, 0) is 25.3 Å². The lowest BCUT2D eigenvalue weighted by atomic mass is 10.1. The van der Waals surface area contributed by atoms with Crippen LogP contribution in [0.25, 0.3) is 0 Å². The molecule has 3 atom stereocenters. The van der Waals surface area contributed by atoms with Crippen molar-refractivity contribution in [2.24, 2.45) is 0 Å². The van der Waals surface area contributed by atoms with E-state index in [1.165, 1.54) is 0 Å². The summed E-state index contributed by atoms with van der Waals surface area (Å²) in [4.78, 5) is 14.0. The van der Waals surface area contributed by atoms with Crippen molar-refractivity contribution < 1.29 is 14.3 Å². The number of rotatable bonds is 2. The molecule has 2 saturated heterocycles. The van der Waals surface area contributed by atoms with Crippen LogP contribution in [0.15, 0.2) is 30.3 Å². The highest BCUT2D eigenvalue weighted by atomic mass is 16.6. The Morgan fingerprint density at radius 1 is 1.32 bits per heavy atom. The van der Waals surface area contributed by atoms with E-state index in [2.05, 4.69) is 6.92 Å². The summed E-state index contributed by atoms with van der Waals surface area (Å²) in [5, 5.41) is 0. The highest BCUT2D eigenvalue weighted by Crippen LogP contribution is 2.32. The van der Waals surface area contributed by atoms with E-state index in [4.69, 9.17) is 9.47 Å². The molecule has 2 aliphatic heterocycles. The van der Waals surface area contributed by atoms with Crippen LogP contribution in [0, 0.1) is 0 Å². The van der Waals surface area contributed by atoms with Gasteiger partial charge < -0.3 is 14.4 Å². The van der Waals surface area contributed by atoms with E-state index >= 15 is 0 Å². The molecule has 0 radical (unpaired) electrons. The Bertz CT molecular complexity index is 448. The van der Waals surface area contributed by atoms with Crippen molar-refractivity contribution >= 4 is 6.09 Å². The Labute approximate surface area is 113 Å². The predicted molar refractivity (Wildman–Crippen MR) is 70.7 cm³/mol. The smallest absolute Gasteiger partial charge is 0.410 e.